The van der Waals surface area contributed by atoms with E-state index in [2.05, 4.69) is 5.32 Å². The van der Waals surface area contributed by atoms with E-state index in [1.54, 1.807) is 0 Å². The molecule has 4 atom stereocenters. The zero-order chi connectivity index (χ0) is 21.0. The highest BCUT2D eigenvalue weighted by molar-refractivity contribution is 5.96. The molecule has 0 saturated carbocycles. The van der Waals surface area contributed by atoms with E-state index < -0.39 is 60.2 Å². The van der Waals surface area contributed by atoms with E-state index in [1.807, 2.05) is 0 Å². The van der Waals surface area contributed by atoms with Crippen LogP contribution in [0, 0.1) is 0 Å². The van der Waals surface area contributed by atoms with Crippen molar-refractivity contribution in [2.75, 3.05) is 13.1 Å². The Bertz CT molecular complexity index is 666. The summed E-state index contributed by atoms with van der Waals surface area (Å²) < 4.78 is 0. The Hall–Kier alpha value is -2.69. The third-order valence-electron chi connectivity index (χ3n) is 5.05. The van der Waals surface area contributed by atoms with Crippen LogP contribution in [0.5, 0.6) is 0 Å². The van der Waals surface area contributed by atoms with Gasteiger partial charge in [0.05, 0.1) is 12.5 Å². The van der Waals surface area contributed by atoms with Crippen LogP contribution in [0.2, 0.25) is 0 Å². The standard InChI is InChI=1S/C17H26N4O7/c1-9(18)14(24)19-10(8-13(22)23)15(25)20-6-2-4-11(20)16(26)21-7-3-5-12(21)17(27)28/h9-12H,2-8,18H2,1H3,(H,19,24)(H,22,23)(H,27,28). The molecule has 28 heavy (non-hydrogen) atoms. The molecule has 2 aliphatic rings. The highest BCUT2D eigenvalue weighted by Crippen LogP contribution is 2.25. The van der Waals surface area contributed by atoms with Gasteiger partial charge in [0.25, 0.3) is 0 Å². The largest absolute Gasteiger partial charge is 0.481 e. The predicted octanol–water partition coefficient (Wildman–Crippen LogP) is -1.64. The average molecular weight is 398 g/mol. The summed E-state index contributed by atoms with van der Waals surface area (Å²) in [5.74, 6) is -4.18. The molecule has 0 radical (unpaired) electrons. The van der Waals surface area contributed by atoms with Gasteiger partial charge in [-0.1, -0.05) is 0 Å². The van der Waals surface area contributed by atoms with Gasteiger partial charge < -0.3 is 31.1 Å². The molecule has 0 aliphatic carbocycles. The van der Waals surface area contributed by atoms with Gasteiger partial charge in [-0.15, -0.1) is 0 Å². The van der Waals surface area contributed by atoms with Gasteiger partial charge in [0.1, 0.15) is 18.1 Å². The smallest absolute Gasteiger partial charge is 0.326 e. The van der Waals surface area contributed by atoms with E-state index in [-0.39, 0.29) is 6.54 Å². The number of rotatable bonds is 7. The second kappa shape index (κ2) is 9.00. The summed E-state index contributed by atoms with van der Waals surface area (Å²) in [6, 6.07) is -4.06. The minimum absolute atomic E-state index is 0.227. The lowest BCUT2D eigenvalue weighted by Crippen LogP contribution is -2.57. The molecule has 0 aromatic heterocycles. The van der Waals surface area contributed by atoms with Gasteiger partial charge in [0, 0.05) is 13.1 Å². The summed E-state index contributed by atoms with van der Waals surface area (Å²) in [5, 5.41) is 20.7. The molecule has 2 fully saturated rings. The third-order valence-corrected chi connectivity index (χ3v) is 5.05. The molecule has 4 unspecified atom stereocenters. The van der Waals surface area contributed by atoms with Crippen molar-refractivity contribution in [3.63, 3.8) is 0 Å². The average Bonchev–Trinajstić information content (AvgIpc) is 3.28. The Morgan fingerprint density at radius 3 is 2.14 bits per heavy atom. The van der Waals surface area contributed by atoms with Gasteiger partial charge in [-0.2, -0.15) is 0 Å². The number of carboxylic acid groups (broad SMARTS) is 2. The molecular formula is C17H26N4O7. The van der Waals surface area contributed by atoms with Crippen molar-refractivity contribution in [2.24, 2.45) is 5.73 Å². The van der Waals surface area contributed by atoms with Crippen LogP contribution in [-0.2, 0) is 24.0 Å². The van der Waals surface area contributed by atoms with Gasteiger partial charge in [-0.25, -0.2) is 4.79 Å². The first-order valence-corrected chi connectivity index (χ1v) is 9.25. The molecule has 2 heterocycles. The topological polar surface area (TPSA) is 170 Å². The fourth-order valence-electron chi connectivity index (χ4n) is 3.64. The Morgan fingerprint density at radius 2 is 1.61 bits per heavy atom. The van der Waals surface area contributed by atoms with Crippen molar-refractivity contribution in [2.45, 2.75) is 63.2 Å². The van der Waals surface area contributed by atoms with E-state index in [0.717, 1.165) is 0 Å². The van der Waals surface area contributed by atoms with Crippen molar-refractivity contribution < 1.29 is 34.2 Å². The molecule has 0 aromatic carbocycles. The van der Waals surface area contributed by atoms with Crippen LogP contribution in [0.1, 0.15) is 39.0 Å². The van der Waals surface area contributed by atoms with Gasteiger partial charge in [0.2, 0.25) is 17.7 Å². The highest BCUT2D eigenvalue weighted by Gasteiger charge is 2.43. The minimum atomic E-state index is -1.35. The summed E-state index contributed by atoms with van der Waals surface area (Å²) in [6.45, 7) is 1.93. The number of carbonyl (C=O) groups excluding carboxylic acids is 3. The molecule has 11 nitrogen and oxygen atoms in total. The summed E-state index contributed by atoms with van der Waals surface area (Å²) in [4.78, 5) is 62.7. The second-order valence-electron chi connectivity index (χ2n) is 7.17. The Labute approximate surface area is 161 Å². The molecule has 0 bridgehead atoms. The van der Waals surface area contributed by atoms with Crippen LogP contribution in [-0.4, -0.2) is 86.9 Å². The van der Waals surface area contributed by atoms with Crippen LogP contribution in [0.15, 0.2) is 0 Å². The van der Waals surface area contributed by atoms with E-state index in [0.29, 0.717) is 32.2 Å². The lowest BCUT2D eigenvalue weighted by molar-refractivity contribution is -0.153. The van der Waals surface area contributed by atoms with E-state index in [1.165, 1.54) is 16.7 Å². The lowest BCUT2D eigenvalue weighted by Gasteiger charge is -2.32. The maximum atomic E-state index is 12.9. The molecule has 2 aliphatic heterocycles. The quantitative estimate of drug-likeness (QED) is 0.395. The van der Waals surface area contributed by atoms with Crippen molar-refractivity contribution >= 4 is 29.7 Å². The van der Waals surface area contributed by atoms with E-state index >= 15 is 0 Å². The Kier molecular flexibility index (Phi) is 6.95. The first kappa shape index (κ1) is 21.6. The fraction of sp³-hybridized carbons (Fsp3) is 0.706. The third kappa shape index (κ3) is 4.77. The number of carboxylic acids is 2. The normalized spacial score (nSPS) is 23.9. The first-order chi connectivity index (χ1) is 13.1. The van der Waals surface area contributed by atoms with Gasteiger partial charge in [-0.05, 0) is 32.6 Å². The fourth-order valence-corrected chi connectivity index (χ4v) is 3.64. The lowest BCUT2D eigenvalue weighted by atomic mass is 10.1. The van der Waals surface area contributed by atoms with Crippen LogP contribution in [0.4, 0.5) is 0 Å². The Balaban J connectivity index is 2.17. The predicted molar refractivity (Wildman–Crippen MR) is 94.9 cm³/mol. The number of nitrogens with zero attached hydrogens (tertiary/aromatic N) is 2. The number of amides is 3. The molecule has 2 rings (SSSR count). The maximum absolute atomic E-state index is 12.9. The van der Waals surface area contributed by atoms with Crippen molar-refractivity contribution in [3.8, 4) is 0 Å². The highest BCUT2D eigenvalue weighted by atomic mass is 16.4. The number of hydrogen-bond donors (Lipinski definition) is 4. The molecule has 3 amide bonds. The van der Waals surface area contributed by atoms with Crippen LogP contribution in [0.25, 0.3) is 0 Å². The Morgan fingerprint density at radius 1 is 1.04 bits per heavy atom. The SMILES string of the molecule is CC(N)C(=O)NC(CC(=O)O)C(=O)N1CCCC1C(=O)N1CCCC1C(=O)O. The number of nitrogens with one attached hydrogen (secondary N) is 1. The summed E-state index contributed by atoms with van der Waals surface area (Å²) in [7, 11) is 0. The van der Waals surface area contributed by atoms with Crippen LogP contribution < -0.4 is 11.1 Å². The number of likely N-dealkylation sites (tertiary alicyclic amines) is 2. The zero-order valence-corrected chi connectivity index (χ0v) is 15.7. The molecule has 5 N–H and O–H groups in total. The van der Waals surface area contributed by atoms with Gasteiger partial charge in [0.15, 0.2) is 0 Å². The molecular weight excluding hydrogens is 372 g/mol. The number of aliphatic carboxylic acids is 2. The van der Waals surface area contributed by atoms with Crippen molar-refractivity contribution in [1.82, 2.24) is 15.1 Å². The van der Waals surface area contributed by atoms with Crippen LogP contribution in [0.3, 0.4) is 0 Å². The number of nitrogens with two attached hydrogens (primary N) is 1. The molecule has 11 heteroatoms. The summed E-state index contributed by atoms with van der Waals surface area (Å²) in [6.07, 6.45) is 1.16. The zero-order valence-electron chi connectivity index (χ0n) is 15.7. The van der Waals surface area contributed by atoms with Crippen molar-refractivity contribution in [1.29, 1.82) is 0 Å². The molecule has 156 valence electrons. The van der Waals surface area contributed by atoms with Crippen molar-refractivity contribution in [3.05, 3.63) is 0 Å². The minimum Gasteiger partial charge on any atom is -0.481 e. The van der Waals surface area contributed by atoms with E-state index in [4.69, 9.17) is 10.8 Å². The van der Waals surface area contributed by atoms with Gasteiger partial charge in [-0.3, -0.25) is 19.2 Å². The molecule has 2 saturated heterocycles. The maximum Gasteiger partial charge on any atom is 0.326 e. The summed E-state index contributed by atoms with van der Waals surface area (Å²) in [5.41, 5.74) is 5.47. The summed E-state index contributed by atoms with van der Waals surface area (Å²) >= 11 is 0. The first-order valence-electron chi connectivity index (χ1n) is 9.25. The number of hydrogen-bond acceptors (Lipinski definition) is 6. The molecule has 0 spiro atoms. The second-order valence-corrected chi connectivity index (χ2v) is 7.17. The van der Waals surface area contributed by atoms with Crippen LogP contribution >= 0.6 is 0 Å². The molecule has 0 aromatic rings. The monoisotopic (exact) mass is 398 g/mol. The van der Waals surface area contributed by atoms with E-state index in [9.17, 15) is 29.1 Å². The number of carbonyl (C=O) groups is 5. The van der Waals surface area contributed by atoms with Gasteiger partial charge >= 0.3 is 11.9 Å².